The smallest absolute Gasteiger partial charge is 0.306 e. The fourth-order valence-corrected chi connectivity index (χ4v) is 5.49. The number of ketones is 1. The molecular formula is C29H29F3N2O3S. The summed E-state index contributed by atoms with van der Waals surface area (Å²) >= 11 is 1.49. The van der Waals surface area contributed by atoms with Crippen LogP contribution in [-0.2, 0) is 4.84 Å². The number of aryl methyl sites for hydroxylation is 1. The van der Waals surface area contributed by atoms with Gasteiger partial charge in [0, 0.05) is 39.4 Å². The van der Waals surface area contributed by atoms with E-state index in [0.717, 1.165) is 29.7 Å². The third kappa shape index (κ3) is 6.75. The van der Waals surface area contributed by atoms with E-state index in [9.17, 15) is 22.8 Å². The van der Waals surface area contributed by atoms with E-state index in [1.54, 1.807) is 12.1 Å². The van der Waals surface area contributed by atoms with Crippen LogP contribution in [0, 0.1) is 6.92 Å². The number of benzene rings is 2. The minimum absolute atomic E-state index is 0.0318. The standard InChI is InChI=1S/C29H29F3N2O3S/c1-20-8-4-5-9-24(20)25(35)21-14-16-28(2,17-15-21)38-23-12-10-22(11-13-23)26(29(30,31)32)33-37-27(36)34-18-6-3-7-19-34/h4-5,8-16H,3,6-7,17-19H2,1-2H3/b33-26-. The number of thioether (sulfide) groups is 1. The van der Waals surface area contributed by atoms with E-state index >= 15 is 0 Å². The molecule has 1 aliphatic heterocycles. The molecule has 2 aliphatic rings. The number of carbonyl (C=O) groups excluding carboxylic acids is 2. The zero-order valence-corrected chi connectivity index (χ0v) is 22.1. The van der Waals surface area contributed by atoms with Gasteiger partial charge in [0.05, 0.1) is 0 Å². The van der Waals surface area contributed by atoms with Crippen LogP contribution >= 0.6 is 11.8 Å². The molecule has 1 heterocycles. The predicted octanol–water partition coefficient (Wildman–Crippen LogP) is 7.50. The first-order valence-electron chi connectivity index (χ1n) is 12.5. The highest BCUT2D eigenvalue weighted by atomic mass is 32.2. The zero-order chi connectivity index (χ0) is 27.3. The molecule has 9 heteroatoms. The molecule has 2 aromatic rings. The largest absolute Gasteiger partial charge is 0.437 e. The number of rotatable bonds is 6. The van der Waals surface area contributed by atoms with Gasteiger partial charge < -0.3 is 4.90 Å². The van der Waals surface area contributed by atoms with Crippen molar-refractivity contribution in [2.45, 2.75) is 55.3 Å². The summed E-state index contributed by atoms with van der Waals surface area (Å²) in [5.41, 5.74) is 0.753. The Morgan fingerprint density at radius 3 is 2.32 bits per heavy atom. The summed E-state index contributed by atoms with van der Waals surface area (Å²) in [5, 5.41) is 3.20. The predicted molar refractivity (Wildman–Crippen MR) is 143 cm³/mol. The van der Waals surface area contributed by atoms with Gasteiger partial charge in [0.15, 0.2) is 11.5 Å². The Bertz CT molecular complexity index is 1280. The topological polar surface area (TPSA) is 59.0 Å². The molecule has 0 N–H and O–H groups in total. The van der Waals surface area contributed by atoms with Crippen LogP contribution in [0.4, 0.5) is 18.0 Å². The van der Waals surface area contributed by atoms with Crippen LogP contribution in [0.15, 0.2) is 82.4 Å². The second-order valence-corrected chi connectivity index (χ2v) is 11.2. The van der Waals surface area contributed by atoms with E-state index in [1.165, 1.54) is 28.8 Å². The monoisotopic (exact) mass is 542 g/mol. The lowest BCUT2D eigenvalue weighted by molar-refractivity contribution is -0.0605. The summed E-state index contributed by atoms with van der Waals surface area (Å²) in [5.74, 6) is -0.0318. The third-order valence-corrected chi connectivity index (χ3v) is 7.85. The first kappa shape index (κ1) is 27.7. The van der Waals surface area contributed by atoms with Crippen LogP contribution in [0.1, 0.15) is 54.1 Å². The molecule has 200 valence electrons. The summed E-state index contributed by atoms with van der Waals surface area (Å²) in [6.07, 6.45) is 3.15. The Labute approximate surface area is 224 Å². The molecule has 0 aromatic heterocycles. The summed E-state index contributed by atoms with van der Waals surface area (Å²) in [4.78, 5) is 31.8. The second kappa shape index (κ2) is 11.6. The molecule has 1 amide bonds. The van der Waals surface area contributed by atoms with Gasteiger partial charge in [-0.15, -0.1) is 11.8 Å². The number of halogens is 3. The van der Waals surface area contributed by atoms with Crippen LogP contribution in [0.5, 0.6) is 0 Å². The quantitative estimate of drug-likeness (QED) is 0.164. The molecule has 0 saturated carbocycles. The van der Waals surface area contributed by atoms with E-state index in [-0.39, 0.29) is 16.1 Å². The van der Waals surface area contributed by atoms with Crippen LogP contribution in [-0.4, -0.2) is 46.5 Å². The minimum Gasteiger partial charge on any atom is -0.306 e. The number of nitrogens with zero attached hydrogens (tertiary/aromatic N) is 2. The molecule has 1 aliphatic carbocycles. The molecule has 1 atom stereocenters. The van der Waals surface area contributed by atoms with Crippen LogP contribution < -0.4 is 0 Å². The summed E-state index contributed by atoms with van der Waals surface area (Å²) in [6, 6.07) is 13.3. The van der Waals surface area contributed by atoms with Crippen molar-refractivity contribution >= 4 is 29.4 Å². The van der Waals surface area contributed by atoms with Gasteiger partial charge in [-0.05, 0) is 57.2 Å². The van der Waals surface area contributed by atoms with Gasteiger partial charge in [-0.2, -0.15) is 13.2 Å². The first-order chi connectivity index (χ1) is 18.1. The van der Waals surface area contributed by atoms with Gasteiger partial charge in [0.1, 0.15) is 0 Å². The van der Waals surface area contributed by atoms with E-state index in [0.29, 0.717) is 30.6 Å². The number of hydrogen-bond donors (Lipinski definition) is 0. The number of carbonyl (C=O) groups is 2. The summed E-state index contributed by atoms with van der Waals surface area (Å²) in [6.45, 7) is 4.81. The highest BCUT2D eigenvalue weighted by Gasteiger charge is 2.38. The highest BCUT2D eigenvalue weighted by Crippen LogP contribution is 2.40. The number of hydrogen-bond acceptors (Lipinski definition) is 5. The fourth-order valence-electron chi connectivity index (χ4n) is 4.38. The van der Waals surface area contributed by atoms with Crippen molar-refractivity contribution in [2.75, 3.05) is 13.1 Å². The molecule has 0 spiro atoms. The summed E-state index contributed by atoms with van der Waals surface area (Å²) in [7, 11) is 0. The average Bonchev–Trinajstić information content (AvgIpc) is 2.89. The van der Waals surface area contributed by atoms with E-state index < -0.39 is 18.0 Å². The molecule has 1 unspecified atom stereocenters. The molecular weight excluding hydrogens is 513 g/mol. The maximum atomic E-state index is 13.7. The zero-order valence-electron chi connectivity index (χ0n) is 21.3. The SMILES string of the molecule is Cc1ccccc1C(=O)C1=CCC(C)(Sc2ccc(/C(=N/OC(=O)N3CCCCC3)C(F)(F)F)cc2)C=C1. The molecule has 1 fully saturated rings. The molecule has 0 bridgehead atoms. The molecule has 5 nitrogen and oxygen atoms in total. The van der Waals surface area contributed by atoms with Crippen molar-refractivity contribution in [1.29, 1.82) is 0 Å². The van der Waals surface area contributed by atoms with Gasteiger partial charge >= 0.3 is 12.3 Å². The second-order valence-electron chi connectivity index (χ2n) is 9.62. The molecule has 4 rings (SSSR count). The molecule has 0 radical (unpaired) electrons. The fraction of sp³-hybridized carbons (Fsp3) is 0.345. The van der Waals surface area contributed by atoms with E-state index in [4.69, 9.17) is 0 Å². The Balaban J connectivity index is 1.42. The lowest BCUT2D eigenvalue weighted by atomic mass is 9.91. The highest BCUT2D eigenvalue weighted by molar-refractivity contribution is 8.00. The van der Waals surface area contributed by atoms with Crippen molar-refractivity contribution in [3.05, 3.63) is 89.0 Å². The minimum atomic E-state index is -4.79. The first-order valence-corrected chi connectivity index (χ1v) is 13.3. The van der Waals surface area contributed by atoms with Crippen molar-refractivity contribution in [1.82, 2.24) is 4.90 Å². The van der Waals surface area contributed by atoms with Crippen LogP contribution in [0.25, 0.3) is 0 Å². The van der Waals surface area contributed by atoms with Crippen molar-refractivity contribution in [3.8, 4) is 0 Å². The Hall–Kier alpha value is -3.33. The van der Waals surface area contributed by atoms with Gasteiger partial charge in [-0.1, -0.05) is 59.8 Å². The van der Waals surface area contributed by atoms with Gasteiger partial charge in [-0.25, -0.2) is 4.79 Å². The summed E-state index contributed by atoms with van der Waals surface area (Å²) < 4.78 is 40.7. The normalized spacial score (nSPS) is 20.2. The average molecular weight is 543 g/mol. The number of allylic oxidation sites excluding steroid dienone is 3. The van der Waals surface area contributed by atoms with Crippen molar-refractivity contribution in [3.63, 3.8) is 0 Å². The van der Waals surface area contributed by atoms with Crippen LogP contribution in [0.3, 0.4) is 0 Å². The Kier molecular flexibility index (Phi) is 8.45. The maximum Gasteiger partial charge on any atom is 0.437 e. The lowest BCUT2D eigenvalue weighted by Gasteiger charge is -2.27. The van der Waals surface area contributed by atoms with Gasteiger partial charge in [0.25, 0.3) is 0 Å². The van der Waals surface area contributed by atoms with E-state index in [2.05, 4.69) is 9.99 Å². The number of Topliss-reactive ketones (excluding diaryl/α,β-unsaturated/α-hetero) is 1. The number of piperidine rings is 1. The maximum absolute atomic E-state index is 13.7. The number of amides is 1. The Morgan fingerprint density at radius 1 is 1.03 bits per heavy atom. The third-order valence-electron chi connectivity index (χ3n) is 6.57. The van der Waals surface area contributed by atoms with Crippen molar-refractivity contribution < 1.29 is 27.6 Å². The molecule has 38 heavy (non-hydrogen) atoms. The lowest BCUT2D eigenvalue weighted by Crippen LogP contribution is -2.36. The molecule has 2 aromatic carbocycles. The Morgan fingerprint density at radius 2 is 1.71 bits per heavy atom. The van der Waals surface area contributed by atoms with Crippen LogP contribution in [0.2, 0.25) is 0 Å². The van der Waals surface area contributed by atoms with Gasteiger partial charge in [-0.3, -0.25) is 9.63 Å². The number of oxime groups is 1. The van der Waals surface area contributed by atoms with Gasteiger partial charge in [0.2, 0.25) is 0 Å². The number of likely N-dealkylation sites (tertiary alicyclic amines) is 1. The van der Waals surface area contributed by atoms with E-state index in [1.807, 2.05) is 56.3 Å². The van der Waals surface area contributed by atoms with Crippen molar-refractivity contribution in [2.24, 2.45) is 5.16 Å². The number of alkyl halides is 3. The molecule has 1 saturated heterocycles.